The van der Waals surface area contributed by atoms with Gasteiger partial charge in [0.15, 0.2) is 0 Å². The highest BCUT2D eigenvalue weighted by molar-refractivity contribution is 5.72. The highest BCUT2D eigenvalue weighted by Gasteiger charge is 2.23. The van der Waals surface area contributed by atoms with E-state index < -0.39 is 0 Å². The van der Waals surface area contributed by atoms with Crippen molar-refractivity contribution >= 4 is 5.97 Å². The second-order valence-corrected chi connectivity index (χ2v) is 4.75. The number of hydrogen-bond donors (Lipinski definition) is 1. The molecule has 106 valence electrons. The van der Waals surface area contributed by atoms with Gasteiger partial charge in [-0.2, -0.15) is 0 Å². The molecule has 0 bridgehead atoms. The van der Waals surface area contributed by atoms with Crippen LogP contribution in [-0.2, 0) is 14.3 Å². The van der Waals surface area contributed by atoms with Gasteiger partial charge in [-0.15, -0.1) is 0 Å². The summed E-state index contributed by atoms with van der Waals surface area (Å²) in [5.74, 6) is -0.184. The Hall–Kier alpha value is -0.650. The Morgan fingerprint density at radius 2 is 2.11 bits per heavy atom. The monoisotopic (exact) mass is 259 g/mol. The van der Waals surface area contributed by atoms with Gasteiger partial charge in [-0.1, -0.05) is 6.92 Å². The van der Waals surface area contributed by atoms with Gasteiger partial charge in [0.2, 0.25) is 0 Å². The van der Waals surface area contributed by atoms with Crippen LogP contribution in [0.15, 0.2) is 0 Å². The molecule has 1 aliphatic rings. The van der Waals surface area contributed by atoms with Crippen LogP contribution in [0, 0.1) is 5.92 Å². The zero-order valence-electron chi connectivity index (χ0n) is 11.4. The fraction of sp³-hybridized carbons (Fsp3) is 0.923. The number of nitrogens with zero attached hydrogens (tertiary/aromatic N) is 1. The fourth-order valence-electron chi connectivity index (χ4n) is 2.22. The average molecular weight is 259 g/mol. The van der Waals surface area contributed by atoms with Crippen LogP contribution in [0.4, 0.5) is 0 Å². The van der Waals surface area contributed by atoms with Gasteiger partial charge in [0.25, 0.3) is 0 Å². The van der Waals surface area contributed by atoms with Crippen molar-refractivity contribution < 1.29 is 19.4 Å². The molecule has 5 heteroatoms. The molecular formula is C13H25NO4. The summed E-state index contributed by atoms with van der Waals surface area (Å²) in [6.45, 7) is 7.33. The number of ether oxygens (including phenoxy) is 2. The van der Waals surface area contributed by atoms with Gasteiger partial charge in [-0.3, -0.25) is 4.79 Å². The highest BCUT2D eigenvalue weighted by atomic mass is 16.5. The lowest BCUT2D eigenvalue weighted by atomic mass is 10.1. The molecule has 1 unspecified atom stereocenters. The Kier molecular flexibility index (Phi) is 7.23. The first-order chi connectivity index (χ1) is 8.67. The number of rotatable bonds is 7. The predicted octanol–water partition coefficient (Wildman–Crippen LogP) is 0.659. The standard InChI is InChI=1S/C13H25NO4/c1-3-17-13(16)11(2)10-14-6-4-12(5-7-14)18-9-8-15/h11-12,15H,3-10H2,1-2H3. The maximum absolute atomic E-state index is 11.5. The molecule has 0 saturated carbocycles. The molecule has 1 heterocycles. The lowest BCUT2D eigenvalue weighted by Gasteiger charge is -2.32. The minimum Gasteiger partial charge on any atom is -0.466 e. The van der Waals surface area contributed by atoms with E-state index in [-0.39, 0.29) is 24.6 Å². The summed E-state index contributed by atoms with van der Waals surface area (Å²) in [5, 5.41) is 8.69. The molecule has 1 rings (SSSR count). The topological polar surface area (TPSA) is 59.0 Å². The van der Waals surface area contributed by atoms with Gasteiger partial charge in [0, 0.05) is 19.6 Å². The largest absolute Gasteiger partial charge is 0.466 e. The second-order valence-electron chi connectivity index (χ2n) is 4.75. The summed E-state index contributed by atoms with van der Waals surface area (Å²) < 4.78 is 10.5. The first-order valence-electron chi connectivity index (χ1n) is 6.78. The van der Waals surface area contributed by atoms with Crippen LogP contribution in [0.5, 0.6) is 0 Å². The molecule has 1 fully saturated rings. The number of carbonyl (C=O) groups excluding carboxylic acids is 1. The molecule has 0 aromatic heterocycles. The molecule has 0 aromatic carbocycles. The van der Waals surface area contributed by atoms with Crippen LogP contribution in [0.2, 0.25) is 0 Å². The third-order valence-corrected chi connectivity index (χ3v) is 3.20. The van der Waals surface area contributed by atoms with E-state index in [2.05, 4.69) is 4.90 Å². The number of piperidine rings is 1. The van der Waals surface area contributed by atoms with Crippen LogP contribution in [0.25, 0.3) is 0 Å². The molecule has 0 spiro atoms. The quantitative estimate of drug-likeness (QED) is 0.681. The first-order valence-corrected chi connectivity index (χ1v) is 6.78. The summed E-state index contributed by atoms with van der Waals surface area (Å²) in [4.78, 5) is 13.8. The fourth-order valence-corrected chi connectivity index (χ4v) is 2.22. The summed E-state index contributed by atoms with van der Waals surface area (Å²) in [6, 6.07) is 0. The molecular weight excluding hydrogens is 234 g/mol. The van der Waals surface area contributed by atoms with Crippen molar-refractivity contribution in [1.29, 1.82) is 0 Å². The molecule has 0 aromatic rings. The van der Waals surface area contributed by atoms with Crippen LogP contribution in [0.3, 0.4) is 0 Å². The molecule has 1 N–H and O–H groups in total. The lowest BCUT2D eigenvalue weighted by Crippen LogP contribution is -2.41. The van der Waals surface area contributed by atoms with E-state index in [9.17, 15) is 4.79 Å². The average Bonchev–Trinajstić information content (AvgIpc) is 2.38. The van der Waals surface area contributed by atoms with Gasteiger partial charge in [-0.05, 0) is 19.8 Å². The Labute approximate surface area is 109 Å². The Bertz CT molecular complexity index is 239. The summed E-state index contributed by atoms with van der Waals surface area (Å²) in [5.41, 5.74) is 0. The molecule has 5 nitrogen and oxygen atoms in total. The normalized spacial score (nSPS) is 19.7. The summed E-state index contributed by atoms with van der Waals surface area (Å²) >= 11 is 0. The number of aliphatic hydroxyl groups excluding tert-OH is 1. The van der Waals surface area contributed by atoms with Crippen LogP contribution in [0.1, 0.15) is 26.7 Å². The summed E-state index contributed by atoms with van der Waals surface area (Å²) in [7, 11) is 0. The van der Waals surface area contributed by atoms with Gasteiger partial charge < -0.3 is 19.5 Å². The smallest absolute Gasteiger partial charge is 0.309 e. The van der Waals surface area contributed by atoms with Crippen molar-refractivity contribution in [2.75, 3.05) is 39.5 Å². The Balaban J connectivity index is 2.20. The molecule has 1 saturated heterocycles. The SMILES string of the molecule is CCOC(=O)C(C)CN1CCC(OCCO)CC1. The number of esters is 1. The molecule has 0 aliphatic carbocycles. The molecule has 18 heavy (non-hydrogen) atoms. The van der Waals surface area contributed by atoms with Crippen molar-refractivity contribution in [3.8, 4) is 0 Å². The van der Waals surface area contributed by atoms with Gasteiger partial charge in [-0.25, -0.2) is 0 Å². The van der Waals surface area contributed by atoms with Crippen molar-refractivity contribution in [1.82, 2.24) is 4.90 Å². The maximum atomic E-state index is 11.5. The number of carbonyl (C=O) groups is 1. The lowest BCUT2D eigenvalue weighted by molar-refractivity contribution is -0.148. The van der Waals surface area contributed by atoms with Crippen molar-refractivity contribution in [3.63, 3.8) is 0 Å². The third kappa shape index (κ3) is 5.33. The predicted molar refractivity (Wildman–Crippen MR) is 68.3 cm³/mol. The minimum absolute atomic E-state index is 0.0696. The van der Waals surface area contributed by atoms with E-state index >= 15 is 0 Å². The van der Waals surface area contributed by atoms with Crippen molar-refractivity contribution in [3.05, 3.63) is 0 Å². The van der Waals surface area contributed by atoms with E-state index in [1.807, 2.05) is 13.8 Å². The van der Waals surface area contributed by atoms with Crippen molar-refractivity contribution in [2.45, 2.75) is 32.8 Å². The maximum Gasteiger partial charge on any atom is 0.309 e. The molecule has 0 amide bonds. The highest BCUT2D eigenvalue weighted by Crippen LogP contribution is 2.15. The van der Waals surface area contributed by atoms with E-state index in [4.69, 9.17) is 14.6 Å². The summed E-state index contributed by atoms with van der Waals surface area (Å²) in [6.07, 6.45) is 2.19. The van der Waals surface area contributed by atoms with Crippen LogP contribution >= 0.6 is 0 Å². The number of likely N-dealkylation sites (tertiary alicyclic amines) is 1. The third-order valence-electron chi connectivity index (χ3n) is 3.20. The Morgan fingerprint density at radius 1 is 1.44 bits per heavy atom. The molecule has 0 radical (unpaired) electrons. The zero-order valence-corrected chi connectivity index (χ0v) is 11.4. The van der Waals surface area contributed by atoms with E-state index in [0.717, 1.165) is 32.5 Å². The molecule has 1 aliphatic heterocycles. The van der Waals surface area contributed by atoms with Gasteiger partial charge in [0.1, 0.15) is 0 Å². The number of hydrogen-bond acceptors (Lipinski definition) is 5. The molecule has 1 atom stereocenters. The first kappa shape index (κ1) is 15.4. The Morgan fingerprint density at radius 3 is 2.67 bits per heavy atom. The number of aliphatic hydroxyl groups is 1. The van der Waals surface area contributed by atoms with Gasteiger partial charge in [0.05, 0.1) is 31.8 Å². The van der Waals surface area contributed by atoms with Crippen LogP contribution < -0.4 is 0 Å². The van der Waals surface area contributed by atoms with E-state index in [0.29, 0.717) is 13.2 Å². The van der Waals surface area contributed by atoms with Gasteiger partial charge >= 0.3 is 5.97 Å². The minimum atomic E-state index is -0.115. The van der Waals surface area contributed by atoms with E-state index in [1.54, 1.807) is 0 Å². The second kappa shape index (κ2) is 8.45. The zero-order chi connectivity index (χ0) is 13.4. The van der Waals surface area contributed by atoms with E-state index in [1.165, 1.54) is 0 Å². The van der Waals surface area contributed by atoms with Crippen molar-refractivity contribution in [2.24, 2.45) is 5.92 Å². The van der Waals surface area contributed by atoms with Crippen LogP contribution in [-0.4, -0.2) is 61.5 Å².